The van der Waals surface area contributed by atoms with E-state index in [1.807, 2.05) is 30.9 Å². The highest BCUT2D eigenvalue weighted by Gasteiger charge is 2.08. The summed E-state index contributed by atoms with van der Waals surface area (Å²) in [4.78, 5) is 8.58. The molecule has 0 saturated heterocycles. The van der Waals surface area contributed by atoms with Crippen molar-refractivity contribution >= 4 is 0 Å². The van der Waals surface area contributed by atoms with Gasteiger partial charge in [-0.1, -0.05) is 20.8 Å². The van der Waals surface area contributed by atoms with Crippen molar-refractivity contribution in [2.24, 2.45) is 0 Å². The third-order valence-electron chi connectivity index (χ3n) is 2.87. The minimum absolute atomic E-state index is 0.464. The highest BCUT2D eigenvalue weighted by molar-refractivity contribution is 5.39. The van der Waals surface area contributed by atoms with Crippen LogP contribution in [0, 0.1) is 0 Å². The second-order valence-corrected chi connectivity index (χ2v) is 4.61. The van der Waals surface area contributed by atoms with Crippen LogP contribution >= 0.6 is 0 Å². The van der Waals surface area contributed by atoms with Gasteiger partial charge in [0.15, 0.2) is 0 Å². The summed E-state index contributed by atoms with van der Waals surface area (Å²) in [6.07, 6.45) is 8.52. The molecule has 0 aliphatic carbocycles. The maximum absolute atomic E-state index is 4.37. The third-order valence-corrected chi connectivity index (χ3v) is 2.87. The van der Waals surface area contributed by atoms with E-state index in [9.17, 15) is 0 Å². The molecular formula is C14H20N4. The van der Waals surface area contributed by atoms with Gasteiger partial charge in [-0.05, 0) is 6.07 Å². The van der Waals surface area contributed by atoms with Gasteiger partial charge in [0.05, 0.1) is 5.69 Å². The Bertz CT molecular complexity index is 502. The molecule has 0 atom stereocenters. The van der Waals surface area contributed by atoms with Crippen molar-refractivity contribution in [1.29, 1.82) is 0 Å². The Morgan fingerprint density at radius 3 is 2.89 bits per heavy atom. The van der Waals surface area contributed by atoms with Crippen molar-refractivity contribution in [3.63, 3.8) is 0 Å². The molecule has 4 nitrogen and oxygen atoms in total. The average Bonchev–Trinajstić information content (AvgIpc) is 2.84. The molecule has 0 fully saturated rings. The molecule has 2 aromatic heterocycles. The van der Waals surface area contributed by atoms with E-state index >= 15 is 0 Å². The van der Waals surface area contributed by atoms with Crippen LogP contribution in [0.5, 0.6) is 0 Å². The van der Waals surface area contributed by atoms with Crippen LogP contribution in [-0.2, 0) is 13.0 Å². The van der Waals surface area contributed by atoms with Crippen molar-refractivity contribution < 1.29 is 0 Å². The van der Waals surface area contributed by atoms with Gasteiger partial charge in [-0.25, -0.2) is 4.98 Å². The first-order chi connectivity index (χ1) is 8.72. The average molecular weight is 244 g/mol. The van der Waals surface area contributed by atoms with E-state index in [2.05, 4.69) is 40.6 Å². The summed E-state index contributed by atoms with van der Waals surface area (Å²) in [6, 6.07) is 2.50. The monoisotopic (exact) mass is 244 g/mol. The summed E-state index contributed by atoms with van der Waals surface area (Å²) in [7, 11) is 0. The largest absolute Gasteiger partial charge is 0.310 e. The molecule has 0 aromatic carbocycles. The lowest BCUT2D eigenvalue weighted by atomic mass is 10.2. The fourth-order valence-electron chi connectivity index (χ4n) is 1.92. The summed E-state index contributed by atoms with van der Waals surface area (Å²) >= 11 is 0. The minimum atomic E-state index is 0.464. The Kier molecular flexibility index (Phi) is 4.10. The SMILES string of the molecule is CCc1nccn1-c1ccncc1CNC(C)C. The molecule has 0 radical (unpaired) electrons. The first kappa shape index (κ1) is 12.8. The Morgan fingerprint density at radius 1 is 1.33 bits per heavy atom. The Labute approximate surface area is 108 Å². The number of pyridine rings is 1. The summed E-state index contributed by atoms with van der Waals surface area (Å²) in [5.41, 5.74) is 2.35. The van der Waals surface area contributed by atoms with Gasteiger partial charge in [0.1, 0.15) is 5.82 Å². The van der Waals surface area contributed by atoms with Gasteiger partial charge in [0.25, 0.3) is 0 Å². The summed E-state index contributed by atoms with van der Waals surface area (Å²) < 4.78 is 2.14. The molecule has 2 heterocycles. The maximum atomic E-state index is 4.37. The van der Waals surface area contributed by atoms with Gasteiger partial charge in [0, 0.05) is 49.4 Å². The molecule has 0 bridgehead atoms. The molecule has 2 rings (SSSR count). The molecular weight excluding hydrogens is 224 g/mol. The normalized spacial score (nSPS) is 11.1. The quantitative estimate of drug-likeness (QED) is 0.877. The van der Waals surface area contributed by atoms with Gasteiger partial charge in [-0.2, -0.15) is 0 Å². The highest BCUT2D eigenvalue weighted by Crippen LogP contribution is 2.15. The van der Waals surface area contributed by atoms with Crippen molar-refractivity contribution in [1.82, 2.24) is 19.9 Å². The minimum Gasteiger partial charge on any atom is -0.310 e. The molecule has 18 heavy (non-hydrogen) atoms. The van der Waals surface area contributed by atoms with Gasteiger partial charge in [-0.15, -0.1) is 0 Å². The summed E-state index contributed by atoms with van der Waals surface area (Å²) in [6.45, 7) is 7.23. The molecule has 0 spiro atoms. The van der Waals surface area contributed by atoms with Crippen LogP contribution in [-0.4, -0.2) is 20.6 Å². The molecule has 0 aliphatic rings. The maximum Gasteiger partial charge on any atom is 0.112 e. The predicted octanol–water partition coefficient (Wildman–Crippen LogP) is 2.33. The fraction of sp³-hybridized carbons (Fsp3) is 0.429. The Hall–Kier alpha value is -1.68. The molecule has 0 amide bonds. The van der Waals surface area contributed by atoms with Crippen LogP contribution in [0.3, 0.4) is 0 Å². The fourth-order valence-corrected chi connectivity index (χ4v) is 1.92. The zero-order chi connectivity index (χ0) is 13.0. The van der Waals surface area contributed by atoms with E-state index in [1.165, 1.54) is 5.56 Å². The van der Waals surface area contributed by atoms with Gasteiger partial charge in [-0.3, -0.25) is 4.98 Å². The number of hydrogen-bond donors (Lipinski definition) is 1. The third kappa shape index (κ3) is 2.76. The van der Waals surface area contributed by atoms with Crippen molar-refractivity contribution in [2.45, 2.75) is 39.8 Å². The molecule has 4 heteroatoms. The molecule has 2 aromatic rings. The van der Waals surface area contributed by atoms with E-state index in [1.54, 1.807) is 0 Å². The number of aromatic nitrogens is 3. The van der Waals surface area contributed by atoms with Crippen LogP contribution in [0.4, 0.5) is 0 Å². The van der Waals surface area contributed by atoms with Crippen molar-refractivity contribution in [3.05, 3.63) is 42.2 Å². The number of rotatable bonds is 5. The lowest BCUT2D eigenvalue weighted by Crippen LogP contribution is -2.22. The summed E-state index contributed by atoms with van der Waals surface area (Å²) in [5, 5.41) is 3.43. The van der Waals surface area contributed by atoms with Gasteiger partial charge in [0.2, 0.25) is 0 Å². The second kappa shape index (κ2) is 5.78. The zero-order valence-electron chi connectivity index (χ0n) is 11.2. The second-order valence-electron chi connectivity index (χ2n) is 4.61. The van der Waals surface area contributed by atoms with Crippen LogP contribution in [0.25, 0.3) is 5.69 Å². The zero-order valence-corrected chi connectivity index (χ0v) is 11.2. The van der Waals surface area contributed by atoms with Crippen LogP contribution in [0.15, 0.2) is 30.9 Å². The van der Waals surface area contributed by atoms with Crippen LogP contribution in [0.2, 0.25) is 0 Å². The topological polar surface area (TPSA) is 42.7 Å². The molecule has 0 saturated carbocycles. The predicted molar refractivity (Wildman–Crippen MR) is 72.7 cm³/mol. The van der Waals surface area contributed by atoms with Crippen LogP contribution in [0.1, 0.15) is 32.2 Å². The van der Waals surface area contributed by atoms with Gasteiger partial charge < -0.3 is 9.88 Å². The van der Waals surface area contributed by atoms with Gasteiger partial charge >= 0.3 is 0 Å². The lowest BCUT2D eigenvalue weighted by molar-refractivity contribution is 0.586. The smallest absolute Gasteiger partial charge is 0.112 e. The number of nitrogens with one attached hydrogen (secondary N) is 1. The van der Waals surface area contributed by atoms with E-state index in [0.29, 0.717) is 6.04 Å². The van der Waals surface area contributed by atoms with E-state index < -0.39 is 0 Å². The molecule has 0 unspecified atom stereocenters. The van der Waals surface area contributed by atoms with E-state index in [0.717, 1.165) is 24.5 Å². The number of hydrogen-bond acceptors (Lipinski definition) is 3. The standard InChI is InChI=1S/C14H20N4/c1-4-14-16-7-8-18(14)13-5-6-15-9-12(13)10-17-11(2)3/h5-9,11,17H,4,10H2,1-3H3. The first-order valence-electron chi connectivity index (χ1n) is 6.41. The Balaban J connectivity index is 2.32. The number of aryl methyl sites for hydroxylation is 1. The molecule has 96 valence electrons. The van der Waals surface area contributed by atoms with Crippen molar-refractivity contribution in [2.75, 3.05) is 0 Å². The number of nitrogens with zero attached hydrogens (tertiary/aromatic N) is 3. The van der Waals surface area contributed by atoms with E-state index in [-0.39, 0.29) is 0 Å². The highest BCUT2D eigenvalue weighted by atomic mass is 15.1. The first-order valence-corrected chi connectivity index (χ1v) is 6.41. The molecule has 0 aliphatic heterocycles. The Morgan fingerprint density at radius 2 is 2.17 bits per heavy atom. The number of imidazole rings is 1. The van der Waals surface area contributed by atoms with Crippen LogP contribution < -0.4 is 5.32 Å². The van der Waals surface area contributed by atoms with E-state index in [4.69, 9.17) is 0 Å². The lowest BCUT2D eigenvalue weighted by Gasteiger charge is -2.14. The summed E-state index contributed by atoms with van der Waals surface area (Å²) in [5.74, 6) is 1.08. The molecule has 1 N–H and O–H groups in total. The van der Waals surface area contributed by atoms with Crippen molar-refractivity contribution in [3.8, 4) is 5.69 Å².